The van der Waals surface area contributed by atoms with E-state index in [1.54, 1.807) is 6.20 Å². The van der Waals surface area contributed by atoms with Crippen LogP contribution in [0.2, 0.25) is 0 Å². The van der Waals surface area contributed by atoms with Crippen LogP contribution in [0.3, 0.4) is 0 Å². The van der Waals surface area contributed by atoms with Crippen molar-refractivity contribution < 1.29 is 4.74 Å². The molecule has 1 N–H and O–H groups in total. The summed E-state index contributed by atoms with van der Waals surface area (Å²) in [6, 6.07) is 0.717. The minimum Gasteiger partial charge on any atom is -0.458 e. The minimum atomic E-state index is -0.0512. The Balaban J connectivity index is 2.05. The van der Waals surface area contributed by atoms with Crippen LogP contribution in [-0.4, -0.2) is 28.2 Å². The number of hydrogen-bond donors (Lipinski definition) is 1. The molecule has 4 nitrogen and oxygen atoms in total. The maximum Gasteiger partial charge on any atom is 0.296 e. The standard InChI is InChI=1S/C10H17N3O/c1-10(3-5-11-6-4-10)14-9-12-7-8-13(9)2/h7-8,11H,3-6H2,1-2H3. The van der Waals surface area contributed by atoms with Gasteiger partial charge in [0.1, 0.15) is 5.60 Å². The minimum absolute atomic E-state index is 0.0512. The lowest BCUT2D eigenvalue weighted by molar-refractivity contribution is 0.0428. The number of hydrogen-bond acceptors (Lipinski definition) is 3. The summed E-state index contributed by atoms with van der Waals surface area (Å²) in [6.07, 6.45) is 5.75. The summed E-state index contributed by atoms with van der Waals surface area (Å²) >= 11 is 0. The van der Waals surface area contributed by atoms with Gasteiger partial charge in [0.05, 0.1) is 0 Å². The van der Waals surface area contributed by atoms with E-state index in [9.17, 15) is 0 Å². The van der Waals surface area contributed by atoms with Gasteiger partial charge >= 0.3 is 0 Å². The zero-order chi connectivity index (χ0) is 10.0. The first-order valence-electron chi connectivity index (χ1n) is 5.07. The molecule has 1 saturated heterocycles. The molecule has 1 aliphatic rings. The molecule has 0 atom stereocenters. The molecular formula is C10H17N3O. The molecule has 2 rings (SSSR count). The number of nitrogens with zero attached hydrogens (tertiary/aromatic N) is 2. The van der Waals surface area contributed by atoms with Crippen LogP contribution in [0, 0.1) is 0 Å². The Hall–Kier alpha value is -1.03. The van der Waals surface area contributed by atoms with Gasteiger partial charge in [0, 0.05) is 19.4 Å². The van der Waals surface area contributed by atoms with Gasteiger partial charge in [-0.05, 0) is 32.9 Å². The number of aromatic nitrogens is 2. The second-order valence-corrected chi connectivity index (χ2v) is 4.12. The maximum atomic E-state index is 5.93. The summed E-state index contributed by atoms with van der Waals surface area (Å²) in [5.74, 6) is 0. The summed E-state index contributed by atoms with van der Waals surface area (Å²) in [5.41, 5.74) is -0.0512. The highest BCUT2D eigenvalue weighted by atomic mass is 16.5. The third kappa shape index (κ3) is 1.90. The first kappa shape index (κ1) is 9.52. The van der Waals surface area contributed by atoms with Gasteiger partial charge in [-0.3, -0.25) is 0 Å². The van der Waals surface area contributed by atoms with Gasteiger partial charge in [0.15, 0.2) is 0 Å². The molecule has 0 bridgehead atoms. The molecule has 1 fully saturated rings. The van der Waals surface area contributed by atoms with Gasteiger partial charge < -0.3 is 14.6 Å². The van der Waals surface area contributed by atoms with Gasteiger partial charge in [-0.2, -0.15) is 0 Å². The van der Waals surface area contributed by atoms with Crippen molar-refractivity contribution in [3.05, 3.63) is 12.4 Å². The Morgan fingerprint density at radius 3 is 2.79 bits per heavy atom. The monoisotopic (exact) mass is 195 g/mol. The summed E-state index contributed by atoms with van der Waals surface area (Å²) in [4.78, 5) is 4.18. The van der Waals surface area contributed by atoms with Crippen LogP contribution in [-0.2, 0) is 7.05 Å². The lowest BCUT2D eigenvalue weighted by Gasteiger charge is -2.33. The van der Waals surface area contributed by atoms with Crippen molar-refractivity contribution in [3.63, 3.8) is 0 Å². The predicted octanol–water partition coefficient (Wildman–Crippen LogP) is 0.941. The van der Waals surface area contributed by atoms with E-state index in [1.165, 1.54) is 0 Å². The fourth-order valence-corrected chi connectivity index (χ4v) is 1.73. The molecule has 0 unspecified atom stereocenters. The first-order valence-corrected chi connectivity index (χ1v) is 5.07. The van der Waals surface area contributed by atoms with E-state index in [1.807, 2.05) is 17.8 Å². The quantitative estimate of drug-likeness (QED) is 0.763. The van der Waals surface area contributed by atoms with E-state index in [0.717, 1.165) is 31.9 Å². The Labute approximate surface area is 84.3 Å². The van der Waals surface area contributed by atoms with E-state index < -0.39 is 0 Å². The Morgan fingerprint density at radius 2 is 2.21 bits per heavy atom. The normalized spacial score (nSPS) is 20.7. The van der Waals surface area contributed by atoms with Crippen LogP contribution in [0.25, 0.3) is 0 Å². The molecule has 0 aromatic carbocycles. The molecule has 1 aromatic heterocycles. The van der Waals surface area contributed by atoms with Gasteiger partial charge in [0.2, 0.25) is 0 Å². The van der Waals surface area contributed by atoms with Crippen molar-refractivity contribution in [1.82, 2.24) is 14.9 Å². The molecule has 0 saturated carbocycles. The van der Waals surface area contributed by atoms with E-state index >= 15 is 0 Å². The lowest BCUT2D eigenvalue weighted by atomic mass is 9.95. The largest absolute Gasteiger partial charge is 0.458 e. The smallest absolute Gasteiger partial charge is 0.296 e. The molecule has 1 aromatic rings. The summed E-state index contributed by atoms with van der Waals surface area (Å²) in [6.45, 7) is 4.21. The molecule has 4 heteroatoms. The van der Waals surface area contributed by atoms with E-state index in [-0.39, 0.29) is 5.60 Å². The zero-order valence-electron chi connectivity index (χ0n) is 8.79. The molecule has 0 spiro atoms. The van der Waals surface area contributed by atoms with Crippen molar-refractivity contribution >= 4 is 0 Å². The van der Waals surface area contributed by atoms with Crippen LogP contribution >= 0.6 is 0 Å². The summed E-state index contributed by atoms with van der Waals surface area (Å²) < 4.78 is 7.84. The predicted molar refractivity (Wildman–Crippen MR) is 54.3 cm³/mol. The Morgan fingerprint density at radius 1 is 1.50 bits per heavy atom. The van der Waals surface area contributed by atoms with E-state index in [2.05, 4.69) is 17.2 Å². The average Bonchev–Trinajstić information content (AvgIpc) is 2.52. The molecule has 14 heavy (non-hydrogen) atoms. The fourth-order valence-electron chi connectivity index (χ4n) is 1.73. The fraction of sp³-hybridized carbons (Fsp3) is 0.700. The van der Waals surface area contributed by atoms with E-state index in [0.29, 0.717) is 0 Å². The molecular weight excluding hydrogens is 178 g/mol. The molecule has 0 amide bonds. The third-order valence-corrected chi connectivity index (χ3v) is 2.78. The van der Waals surface area contributed by atoms with E-state index in [4.69, 9.17) is 4.74 Å². The van der Waals surface area contributed by atoms with Gasteiger partial charge in [-0.1, -0.05) is 0 Å². The lowest BCUT2D eigenvalue weighted by Crippen LogP contribution is -2.44. The van der Waals surface area contributed by atoms with Gasteiger partial charge in [-0.25, -0.2) is 4.98 Å². The Kier molecular flexibility index (Phi) is 2.46. The average molecular weight is 195 g/mol. The highest BCUT2D eigenvalue weighted by Crippen LogP contribution is 2.24. The topological polar surface area (TPSA) is 39.1 Å². The molecule has 0 aliphatic carbocycles. The first-order chi connectivity index (χ1) is 6.70. The molecule has 2 heterocycles. The van der Waals surface area contributed by atoms with Gasteiger partial charge in [-0.15, -0.1) is 0 Å². The highest BCUT2D eigenvalue weighted by molar-refractivity contribution is 5.00. The zero-order valence-corrected chi connectivity index (χ0v) is 8.79. The molecule has 0 radical (unpaired) electrons. The summed E-state index contributed by atoms with van der Waals surface area (Å²) in [5, 5.41) is 3.33. The third-order valence-electron chi connectivity index (χ3n) is 2.78. The summed E-state index contributed by atoms with van der Waals surface area (Å²) in [7, 11) is 1.95. The van der Waals surface area contributed by atoms with Crippen molar-refractivity contribution in [2.75, 3.05) is 13.1 Å². The maximum absolute atomic E-state index is 5.93. The highest BCUT2D eigenvalue weighted by Gasteiger charge is 2.29. The van der Waals surface area contributed by atoms with Crippen LogP contribution in [0.5, 0.6) is 6.01 Å². The van der Waals surface area contributed by atoms with Crippen LogP contribution in [0.1, 0.15) is 19.8 Å². The number of rotatable bonds is 2. The Bertz CT molecular complexity index is 302. The van der Waals surface area contributed by atoms with Crippen molar-refractivity contribution in [1.29, 1.82) is 0 Å². The van der Waals surface area contributed by atoms with Crippen molar-refractivity contribution in [3.8, 4) is 6.01 Å². The van der Waals surface area contributed by atoms with Crippen molar-refractivity contribution in [2.24, 2.45) is 7.05 Å². The molecule has 1 aliphatic heterocycles. The SMILES string of the molecule is Cn1ccnc1OC1(C)CCNCC1. The van der Waals surface area contributed by atoms with Crippen LogP contribution < -0.4 is 10.1 Å². The number of imidazole rings is 1. The number of nitrogens with one attached hydrogen (secondary N) is 1. The second-order valence-electron chi connectivity index (χ2n) is 4.12. The van der Waals surface area contributed by atoms with Crippen molar-refractivity contribution in [2.45, 2.75) is 25.4 Å². The number of piperidine rings is 1. The second kappa shape index (κ2) is 3.61. The van der Waals surface area contributed by atoms with Crippen LogP contribution in [0.4, 0.5) is 0 Å². The van der Waals surface area contributed by atoms with Gasteiger partial charge in [0.25, 0.3) is 6.01 Å². The number of ether oxygens (including phenoxy) is 1. The molecule has 78 valence electrons. The van der Waals surface area contributed by atoms with Crippen LogP contribution in [0.15, 0.2) is 12.4 Å². The number of aryl methyl sites for hydroxylation is 1.